The molecule has 0 saturated heterocycles. The van der Waals surface area contributed by atoms with Crippen LogP contribution in [0.15, 0.2) is 48.5 Å². The molecule has 0 spiro atoms. The van der Waals surface area contributed by atoms with E-state index in [9.17, 15) is 9.59 Å². The Balaban J connectivity index is 1.73. The van der Waals surface area contributed by atoms with Gasteiger partial charge in [-0.2, -0.15) is 0 Å². The Morgan fingerprint density at radius 1 is 1.20 bits per heavy atom. The highest BCUT2D eigenvalue weighted by atomic mass is 16.5. The standard InChI is InChI=1S/C19H20N2O4/c1-12(14-8-9-16-15(10-14)21-17(22)11-25-16)20-19(23)18(24-2)13-6-4-3-5-7-13/h3-10,12,18H,11H2,1-2H3,(H,20,23)(H,21,22)/t12-,18+/m0/s1. The molecule has 25 heavy (non-hydrogen) atoms. The Labute approximate surface area is 146 Å². The number of methoxy groups -OCH3 is 1. The van der Waals surface area contributed by atoms with Gasteiger partial charge in [0, 0.05) is 7.11 Å². The fraction of sp³-hybridized carbons (Fsp3) is 0.263. The number of amides is 2. The summed E-state index contributed by atoms with van der Waals surface area (Å²) in [6, 6.07) is 14.5. The first-order valence-corrected chi connectivity index (χ1v) is 8.03. The van der Waals surface area contributed by atoms with E-state index in [2.05, 4.69) is 10.6 Å². The Bertz CT molecular complexity index is 776. The zero-order valence-electron chi connectivity index (χ0n) is 14.1. The molecule has 2 N–H and O–H groups in total. The molecule has 1 heterocycles. The predicted molar refractivity (Wildman–Crippen MR) is 93.3 cm³/mol. The lowest BCUT2D eigenvalue weighted by molar-refractivity contribution is -0.132. The van der Waals surface area contributed by atoms with Crippen LogP contribution >= 0.6 is 0 Å². The molecule has 2 aromatic carbocycles. The Kier molecular flexibility index (Phi) is 5.00. The highest BCUT2D eigenvalue weighted by molar-refractivity contribution is 5.95. The lowest BCUT2D eigenvalue weighted by atomic mass is 10.0. The van der Waals surface area contributed by atoms with Gasteiger partial charge < -0.3 is 20.1 Å². The second-order valence-electron chi connectivity index (χ2n) is 5.85. The van der Waals surface area contributed by atoms with Crippen molar-refractivity contribution in [2.45, 2.75) is 19.1 Å². The maximum absolute atomic E-state index is 12.6. The SMILES string of the molecule is CO[C@@H](C(=O)N[C@@H](C)c1ccc2c(c1)NC(=O)CO2)c1ccccc1. The molecule has 0 bridgehead atoms. The van der Waals surface area contributed by atoms with Gasteiger partial charge in [-0.1, -0.05) is 36.4 Å². The van der Waals surface area contributed by atoms with Crippen molar-refractivity contribution in [1.82, 2.24) is 5.32 Å². The van der Waals surface area contributed by atoms with Crippen molar-refractivity contribution in [3.8, 4) is 5.75 Å². The largest absolute Gasteiger partial charge is 0.482 e. The van der Waals surface area contributed by atoms with Crippen LogP contribution in [0.25, 0.3) is 0 Å². The van der Waals surface area contributed by atoms with Crippen molar-refractivity contribution >= 4 is 17.5 Å². The average molecular weight is 340 g/mol. The zero-order chi connectivity index (χ0) is 17.8. The van der Waals surface area contributed by atoms with Gasteiger partial charge >= 0.3 is 0 Å². The zero-order valence-corrected chi connectivity index (χ0v) is 14.1. The normalized spacial score (nSPS) is 15.4. The summed E-state index contributed by atoms with van der Waals surface area (Å²) in [5.74, 6) is 0.213. The van der Waals surface area contributed by atoms with E-state index in [1.807, 2.05) is 49.4 Å². The lowest BCUT2D eigenvalue weighted by Crippen LogP contribution is -2.32. The number of carbonyl (C=O) groups is 2. The summed E-state index contributed by atoms with van der Waals surface area (Å²) in [7, 11) is 1.51. The molecule has 0 fully saturated rings. The minimum absolute atomic E-state index is 0.0191. The second-order valence-corrected chi connectivity index (χ2v) is 5.85. The fourth-order valence-corrected chi connectivity index (χ4v) is 2.76. The molecule has 130 valence electrons. The third kappa shape index (κ3) is 3.80. The van der Waals surface area contributed by atoms with Crippen molar-refractivity contribution in [2.75, 3.05) is 19.0 Å². The van der Waals surface area contributed by atoms with Gasteiger partial charge in [-0.3, -0.25) is 9.59 Å². The van der Waals surface area contributed by atoms with E-state index >= 15 is 0 Å². The second kappa shape index (κ2) is 7.36. The molecule has 0 radical (unpaired) electrons. The van der Waals surface area contributed by atoms with Gasteiger partial charge in [0.15, 0.2) is 12.7 Å². The molecule has 2 atom stereocenters. The third-order valence-corrected chi connectivity index (χ3v) is 4.07. The molecule has 0 unspecified atom stereocenters. The van der Waals surface area contributed by atoms with Crippen LogP contribution in [0.3, 0.4) is 0 Å². The number of hydrogen-bond acceptors (Lipinski definition) is 4. The maximum atomic E-state index is 12.6. The van der Waals surface area contributed by atoms with Gasteiger partial charge in [0.1, 0.15) is 5.75 Å². The molecule has 6 heteroatoms. The summed E-state index contributed by atoms with van der Waals surface area (Å²) < 4.78 is 10.7. The van der Waals surface area contributed by atoms with E-state index in [0.717, 1.165) is 11.1 Å². The van der Waals surface area contributed by atoms with E-state index in [-0.39, 0.29) is 24.5 Å². The molecule has 3 rings (SSSR count). The van der Waals surface area contributed by atoms with Gasteiger partial charge in [0.05, 0.1) is 11.7 Å². The average Bonchev–Trinajstić information content (AvgIpc) is 2.62. The van der Waals surface area contributed by atoms with Crippen molar-refractivity contribution in [2.24, 2.45) is 0 Å². The van der Waals surface area contributed by atoms with Crippen molar-refractivity contribution in [3.63, 3.8) is 0 Å². The number of anilines is 1. The fourth-order valence-electron chi connectivity index (χ4n) is 2.76. The molecule has 6 nitrogen and oxygen atoms in total. The first kappa shape index (κ1) is 17.0. The summed E-state index contributed by atoms with van der Waals surface area (Å²) in [5.41, 5.74) is 2.27. The molecule has 2 amide bonds. The van der Waals surface area contributed by atoms with Crippen LogP contribution in [0, 0.1) is 0 Å². The molecule has 0 aromatic heterocycles. The molecule has 1 aliphatic rings. The highest BCUT2D eigenvalue weighted by Gasteiger charge is 2.23. The van der Waals surface area contributed by atoms with Crippen LogP contribution in [-0.4, -0.2) is 25.5 Å². The minimum Gasteiger partial charge on any atom is -0.482 e. The number of benzene rings is 2. The third-order valence-electron chi connectivity index (χ3n) is 4.07. The molecule has 0 saturated carbocycles. The van der Waals surface area contributed by atoms with E-state index in [1.165, 1.54) is 7.11 Å². The Hall–Kier alpha value is -2.86. The quantitative estimate of drug-likeness (QED) is 0.877. The van der Waals surface area contributed by atoms with Crippen LogP contribution in [0.1, 0.15) is 30.2 Å². The van der Waals surface area contributed by atoms with E-state index < -0.39 is 6.10 Å². The first-order chi connectivity index (χ1) is 12.1. The number of hydrogen-bond donors (Lipinski definition) is 2. The Morgan fingerprint density at radius 2 is 1.96 bits per heavy atom. The van der Waals surface area contributed by atoms with Crippen LogP contribution in [0.2, 0.25) is 0 Å². The summed E-state index contributed by atoms with van der Waals surface area (Å²) in [5, 5.41) is 5.71. The van der Waals surface area contributed by atoms with E-state index in [4.69, 9.17) is 9.47 Å². The van der Waals surface area contributed by atoms with Gasteiger partial charge in [-0.25, -0.2) is 0 Å². The van der Waals surface area contributed by atoms with Crippen LogP contribution in [0.5, 0.6) is 5.75 Å². The van der Waals surface area contributed by atoms with E-state index in [0.29, 0.717) is 11.4 Å². The van der Waals surface area contributed by atoms with Crippen molar-refractivity contribution < 1.29 is 19.1 Å². The molecule has 2 aromatic rings. The summed E-state index contributed by atoms with van der Waals surface area (Å²) in [6.45, 7) is 1.90. The summed E-state index contributed by atoms with van der Waals surface area (Å²) in [6.07, 6.45) is -0.677. The molecule has 1 aliphatic heterocycles. The molecular formula is C19H20N2O4. The topological polar surface area (TPSA) is 76.7 Å². The van der Waals surface area contributed by atoms with Gasteiger partial charge in [0.25, 0.3) is 11.8 Å². The number of ether oxygens (including phenoxy) is 2. The minimum atomic E-state index is -0.677. The maximum Gasteiger partial charge on any atom is 0.262 e. The number of rotatable bonds is 5. The molecular weight excluding hydrogens is 320 g/mol. The van der Waals surface area contributed by atoms with Gasteiger partial charge in [-0.15, -0.1) is 0 Å². The summed E-state index contributed by atoms with van der Waals surface area (Å²) >= 11 is 0. The lowest BCUT2D eigenvalue weighted by Gasteiger charge is -2.22. The molecule has 0 aliphatic carbocycles. The number of nitrogens with one attached hydrogen (secondary N) is 2. The monoisotopic (exact) mass is 340 g/mol. The smallest absolute Gasteiger partial charge is 0.262 e. The Morgan fingerprint density at radius 3 is 2.68 bits per heavy atom. The van der Waals surface area contributed by atoms with Crippen LogP contribution in [-0.2, 0) is 14.3 Å². The van der Waals surface area contributed by atoms with Gasteiger partial charge in [0.2, 0.25) is 0 Å². The van der Waals surface area contributed by atoms with Crippen molar-refractivity contribution in [3.05, 3.63) is 59.7 Å². The first-order valence-electron chi connectivity index (χ1n) is 8.03. The summed E-state index contributed by atoms with van der Waals surface area (Å²) in [4.78, 5) is 24.0. The van der Waals surface area contributed by atoms with Gasteiger partial charge in [-0.05, 0) is 30.2 Å². The van der Waals surface area contributed by atoms with Crippen LogP contribution in [0.4, 0.5) is 5.69 Å². The van der Waals surface area contributed by atoms with Crippen LogP contribution < -0.4 is 15.4 Å². The highest BCUT2D eigenvalue weighted by Crippen LogP contribution is 2.30. The number of fused-ring (bicyclic) bond motifs is 1. The van der Waals surface area contributed by atoms with Crippen molar-refractivity contribution in [1.29, 1.82) is 0 Å². The predicted octanol–water partition coefficient (Wildman–Crippen LogP) is 2.58. The number of carbonyl (C=O) groups excluding carboxylic acids is 2. The van der Waals surface area contributed by atoms with E-state index in [1.54, 1.807) is 6.07 Å².